The fourth-order valence-electron chi connectivity index (χ4n) is 1.05. The SMILES string of the molecule is CC(C)C(C)(O)COc1cccc(C#N)c1. The number of aliphatic hydroxyl groups is 1. The van der Waals surface area contributed by atoms with Crippen LogP contribution in [0.5, 0.6) is 5.75 Å². The lowest BCUT2D eigenvalue weighted by atomic mass is 9.94. The zero-order valence-electron chi connectivity index (χ0n) is 9.90. The predicted octanol–water partition coefficient (Wildman–Crippen LogP) is 2.34. The molecule has 0 aliphatic rings. The number of hydrogen-bond acceptors (Lipinski definition) is 3. The second kappa shape index (κ2) is 5.00. The Hall–Kier alpha value is -1.53. The molecule has 0 aliphatic heterocycles. The Labute approximate surface area is 96.3 Å². The van der Waals surface area contributed by atoms with Crippen molar-refractivity contribution < 1.29 is 9.84 Å². The van der Waals surface area contributed by atoms with Gasteiger partial charge in [-0.25, -0.2) is 0 Å². The average Bonchev–Trinajstić information content (AvgIpc) is 2.26. The maximum absolute atomic E-state index is 9.99. The molecule has 3 nitrogen and oxygen atoms in total. The Morgan fingerprint density at radius 3 is 2.75 bits per heavy atom. The van der Waals surface area contributed by atoms with E-state index in [9.17, 15) is 5.11 Å². The van der Waals surface area contributed by atoms with E-state index >= 15 is 0 Å². The summed E-state index contributed by atoms with van der Waals surface area (Å²) in [6.07, 6.45) is 0. The summed E-state index contributed by atoms with van der Waals surface area (Å²) in [5.41, 5.74) is -0.301. The Morgan fingerprint density at radius 1 is 1.50 bits per heavy atom. The van der Waals surface area contributed by atoms with Crippen LogP contribution < -0.4 is 4.74 Å². The molecular formula is C13H17NO2. The summed E-state index contributed by atoms with van der Waals surface area (Å²) in [7, 11) is 0. The highest BCUT2D eigenvalue weighted by Gasteiger charge is 2.25. The Morgan fingerprint density at radius 2 is 2.19 bits per heavy atom. The van der Waals surface area contributed by atoms with Crippen molar-refractivity contribution in [1.29, 1.82) is 5.26 Å². The van der Waals surface area contributed by atoms with Crippen LogP contribution in [0.3, 0.4) is 0 Å². The number of hydrogen-bond donors (Lipinski definition) is 1. The van der Waals surface area contributed by atoms with Gasteiger partial charge in [0.25, 0.3) is 0 Å². The monoisotopic (exact) mass is 219 g/mol. The van der Waals surface area contributed by atoms with Gasteiger partial charge in [-0.15, -0.1) is 0 Å². The fourth-order valence-corrected chi connectivity index (χ4v) is 1.05. The minimum Gasteiger partial charge on any atom is -0.491 e. The molecule has 1 atom stereocenters. The van der Waals surface area contributed by atoms with E-state index in [2.05, 4.69) is 0 Å². The smallest absolute Gasteiger partial charge is 0.120 e. The van der Waals surface area contributed by atoms with Gasteiger partial charge in [-0.1, -0.05) is 19.9 Å². The van der Waals surface area contributed by atoms with Crippen LogP contribution in [0.2, 0.25) is 0 Å². The second-order valence-electron chi connectivity index (χ2n) is 4.44. The van der Waals surface area contributed by atoms with Crippen molar-refractivity contribution in [3.05, 3.63) is 29.8 Å². The molecule has 1 aromatic rings. The molecule has 0 radical (unpaired) electrons. The van der Waals surface area contributed by atoms with Gasteiger partial charge in [0.05, 0.1) is 17.2 Å². The van der Waals surface area contributed by atoms with Crippen LogP contribution in [0.25, 0.3) is 0 Å². The lowest BCUT2D eigenvalue weighted by Crippen LogP contribution is -2.37. The third-order valence-electron chi connectivity index (χ3n) is 2.74. The molecular weight excluding hydrogens is 202 g/mol. The van der Waals surface area contributed by atoms with E-state index in [0.29, 0.717) is 11.3 Å². The Bertz CT molecular complexity index is 391. The Kier molecular flexibility index (Phi) is 3.92. The van der Waals surface area contributed by atoms with E-state index in [1.54, 1.807) is 31.2 Å². The molecule has 3 heteroatoms. The fraction of sp³-hybridized carbons (Fsp3) is 0.462. The molecule has 0 bridgehead atoms. The van der Waals surface area contributed by atoms with E-state index in [1.165, 1.54) is 0 Å². The van der Waals surface area contributed by atoms with Gasteiger partial charge < -0.3 is 9.84 Å². The van der Waals surface area contributed by atoms with E-state index in [-0.39, 0.29) is 12.5 Å². The van der Waals surface area contributed by atoms with Crippen LogP contribution in [0.4, 0.5) is 0 Å². The van der Waals surface area contributed by atoms with E-state index in [0.717, 1.165) is 0 Å². The molecule has 16 heavy (non-hydrogen) atoms. The van der Waals surface area contributed by atoms with Crippen LogP contribution in [0.15, 0.2) is 24.3 Å². The first-order valence-corrected chi connectivity index (χ1v) is 5.31. The van der Waals surface area contributed by atoms with Crippen molar-refractivity contribution in [2.24, 2.45) is 5.92 Å². The van der Waals surface area contributed by atoms with E-state index in [1.807, 2.05) is 19.9 Å². The molecule has 0 fully saturated rings. The summed E-state index contributed by atoms with van der Waals surface area (Å²) >= 11 is 0. The molecule has 0 amide bonds. The lowest BCUT2D eigenvalue weighted by Gasteiger charge is -2.27. The summed E-state index contributed by atoms with van der Waals surface area (Å²) in [6, 6.07) is 8.96. The molecule has 0 spiro atoms. The molecule has 1 aromatic carbocycles. The number of nitriles is 1. The summed E-state index contributed by atoms with van der Waals surface area (Å²) in [4.78, 5) is 0. The van der Waals surface area contributed by atoms with Crippen molar-refractivity contribution in [2.75, 3.05) is 6.61 Å². The highest BCUT2D eigenvalue weighted by molar-refractivity contribution is 5.36. The molecule has 0 saturated heterocycles. The average molecular weight is 219 g/mol. The highest BCUT2D eigenvalue weighted by atomic mass is 16.5. The van der Waals surface area contributed by atoms with Gasteiger partial charge in [0.15, 0.2) is 0 Å². The van der Waals surface area contributed by atoms with E-state index in [4.69, 9.17) is 10.00 Å². The summed E-state index contributed by atoms with van der Waals surface area (Å²) in [5.74, 6) is 0.728. The topological polar surface area (TPSA) is 53.2 Å². The third-order valence-corrected chi connectivity index (χ3v) is 2.74. The molecule has 0 aromatic heterocycles. The normalized spacial score (nSPS) is 14.2. The first-order valence-electron chi connectivity index (χ1n) is 5.31. The third kappa shape index (κ3) is 3.25. The van der Waals surface area contributed by atoms with Gasteiger partial charge in [0.1, 0.15) is 12.4 Å². The van der Waals surface area contributed by atoms with Gasteiger partial charge in [-0.3, -0.25) is 0 Å². The highest BCUT2D eigenvalue weighted by Crippen LogP contribution is 2.19. The summed E-state index contributed by atoms with van der Waals surface area (Å²) in [6.45, 7) is 5.84. The number of nitrogens with zero attached hydrogens (tertiary/aromatic N) is 1. The molecule has 1 N–H and O–H groups in total. The largest absolute Gasteiger partial charge is 0.491 e. The van der Waals surface area contributed by atoms with Gasteiger partial charge >= 0.3 is 0 Å². The number of ether oxygens (including phenoxy) is 1. The zero-order valence-corrected chi connectivity index (χ0v) is 9.90. The van der Waals surface area contributed by atoms with Crippen LogP contribution in [0.1, 0.15) is 26.3 Å². The molecule has 86 valence electrons. The van der Waals surface area contributed by atoms with Crippen molar-refractivity contribution >= 4 is 0 Å². The second-order valence-corrected chi connectivity index (χ2v) is 4.44. The standard InChI is InChI=1S/C13H17NO2/c1-10(2)13(3,15)9-16-12-6-4-5-11(7-12)8-14/h4-7,10,15H,9H2,1-3H3. The first-order chi connectivity index (χ1) is 7.45. The quantitative estimate of drug-likeness (QED) is 0.845. The maximum Gasteiger partial charge on any atom is 0.120 e. The van der Waals surface area contributed by atoms with Crippen LogP contribution >= 0.6 is 0 Å². The summed E-state index contributed by atoms with van der Waals surface area (Å²) in [5, 5.41) is 18.7. The van der Waals surface area contributed by atoms with Crippen molar-refractivity contribution in [3.8, 4) is 11.8 Å². The summed E-state index contributed by atoms with van der Waals surface area (Å²) < 4.78 is 5.47. The number of rotatable bonds is 4. The predicted molar refractivity (Wildman–Crippen MR) is 62.1 cm³/mol. The first kappa shape index (κ1) is 12.5. The lowest BCUT2D eigenvalue weighted by molar-refractivity contribution is -0.0266. The van der Waals surface area contributed by atoms with Crippen LogP contribution in [-0.4, -0.2) is 17.3 Å². The van der Waals surface area contributed by atoms with E-state index < -0.39 is 5.60 Å². The molecule has 0 aliphatic carbocycles. The van der Waals surface area contributed by atoms with Crippen molar-refractivity contribution in [1.82, 2.24) is 0 Å². The van der Waals surface area contributed by atoms with Crippen LogP contribution in [0, 0.1) is 17.2 Å². The van der Waals surface area contributed by atoms with Crippen molar-refractivity contribution in [3.63, 3.8) is 0 Å². The van der Waals surface area contributed by atoms with Crippen LogP contribution in [-0.2, 0) is 0 Å². The van der Waals surface area contributed by atoms with Gasteiger partial charge in [0.2, 0.25) is 0 Å². The maximum atomic E-state index is 9.99. The molecule has 1 rings (SSSR count). The molecule has 0 heterocycles. The molecule has 1 unspecified atom stereocenters. The number of benzene rings is 1. The minimum absolute atomic E-state index is 0.117. The van der Waals surface area contributed by atoms with Gasteiger partial charge in [-0.2, -0.15) is 5.26 Å². The zero-order chi connectivity index (χ0) is 12.2. The molecule has 0 saturated carbocycles. The Balaban J connectivity index is 2.65. The van der Waals surface area contributed by atoms with Crippen molar-refractivity contribution in [2.45, 2.75) is 26.4 Å². The minimum atomic E-state index is -0.858. The van der Waals surface area contributed by atoms with Gasteiger partial charge in [0, 0.05) is 0 Å². The van der Waals surface area contributed by atoms with Gasteiger partial charge in [-0.05, 0) is 31.0 Å².